The molecule has 0 aromatic heterocycles. The van der Waals surface area contributed by atoms with Crippen molar-refractivity contribution in [3.05, 3.63) is 35.4 Å². The molecular weight excluding hydrogens is 246 g/mol. The molecule has 1 aromatic rings. The fraction of sp³-hybridized carbons (Fsp3) is 0.667. The van der Waals surface area contributed by atoms with Gasteiger partial charge in [0, 0.05) is 19.2 Å². The molecule has 2 nitrogen and oxygen atoms in total. The number of benzene rings is 1. The highest BCUT2D eigenvalue weighted by molar-refractivity contribution is 5.26. The van der Waals surface area contributed by atoms with Crippen LogP contribution >= 0.6 is 0 Å². The fourth-order valence-electron chi connectivity index (χ4n) is 2.17. The third kappa shape index (κ3) is 7.66. The van der Waals surface area contributed by atoms with Crippen LogP contribution in [0.3, 0.4) is 0 Å². The molecule has 1 aromatic carbocycles. The minimum absolute atomic E-state index is 0.516. The van der Waals surface area contributed by atoms with Crippen molar-refractivity contribution in [1.29, 1.82) is 0 Å². The third-order valence-electron chi connectivity index (χ3n) is 3.47. The van der Waals surface area contributed by atoms with E-state index in [1.165, 1.54) is 43.2 Å². The summed E-state index contributed by atoms with van der Waals surface area (Å²) in [6.07, 6.45) is 6.48. The van der Waals surface area contributed by atoms with Crippen molar-refractivity contribution in [2.75, 3.05) is 6.61 Å². The second kappa shape index (κ2) is 10.9. The first kappa shape index (κ1) is 17.2. The molecule has 1 rings (SSSR count). The second-order valence-corrected chi connectivity index (χ2v) is 5.77. The van der Waals surface area contributed by atoms with Crippen LogP contribution in [0.5, 0.6) is 0 Å². The minimum Gasteiger partial charge on any atom is -0.377 e. The van der Waals surface area contributed by atoms with Crippen LogP contribution < -0.4 is 5.32 Å². The molecule has 20 heavy (non-hydrogen) atoms. The van der Waals surface area contributed by atoms with Gasteiger partial charge in [-0.05, 0) is 17.5 Å². The highest BCUT2D eigenvalue weighted by Crippen LogP contribution is 2.11. The largest absolute Gasteiger partial charge is 0.377 e. The van der Waals surface area contributed by atoms with Crippen molar-refractivity contribution in [1.82, 2.24) is 5.32 Å². The zero-order valence-electron chi connectivity index (χ0n) is 13.5. The van der Waals surface area contributed by atoms with Crippen LogP contribution in [0.25, 0.3) is 0 Å². The van der Waals surface area contributed by atoms with Gasteiger partial charge in [-0.15, -0.1) is 0 Å². The van der Waals surface area contributed by atoms with Crippen molar-refractivity contribution >= 4 is 0 Å². The van der Waals surface area contributed by atoms with E-state index in [1.54, 1.807) is 0 Å². The molecule has 0 aliphatic heterocycles. The van der Waals surface area contributed by atoms with Gasteiger partial charge in [0.1, 0.15) is 0 Å². The summed E-state index contributed by atoms with van der Waals surface area (Å²) in [6, 6.07) is 9.08. The van der Waals surface area contributed by atoms with Gasteiger partial charge in [0.15, 0.2) is 0 Å². The summed E-state index contributed by atoms with van der Waals surface area (Å²) >= 11 is 0. The van der Waals surface area contributed by atoms with Gasteiger partial charge in [-0.25, -0.2) is 0 Å². The first-order chi connectivity index (χ1) is 9.74. The number of hydrogen-bond donors (Lipinski definition) is 1. The molecule has 114 valence electrons. The topological polar surface area (TPSA) is 21.3 Å². The zero-order valence-corrected chi connectivity index (χ0v) is 13.5. The molecule has 0 saturated carbocycles. The average Bonchev–Trinajstić information content (AvgIpc) is 2.45. The van der Waals surface area contributed by atoms with Crippen molar-refractivity contribution in [3.8, 4) is 0 Å². The Labute approximate surface area is 124 Å². The molecular formula is C18H31NO. The number of rotatable bonds is 11. The smallest absolute Gasteiger partial charge is 0.0720 e. The SMILES string of the molecule is CCCCCCCOCc1ccccc1CNC(C)C. The van der Waals surface area contributed by atoms with E-state index >= 15 is 0 Å². The molecule has 0 aliphatic carbocycles. The number of nitrogens with one attached hydrogen (secondary N) is 1. The highest BCUT2D eigenvalue weighted by atomic mass is 16.5. The van der Waals surface area contributed by atoms with Gasteiger partial charge in [0.25, 0.3) is 0 Å². The summed E-state index contributed by atoms with van der Waals surface area (Å²) < 4.78 is 5.82. The van der Waals surface area contributed by atoms with Crippen molar-refractivity contribution in [2.24, 2.45) is 0 Å². The first-order valence-corrected chi connectivity index (χ1v) is 8.12. The standard InChI is InChI=1S/C18H31NO/c1-4-5-6-7-10-13-20-15-18-12-9-8-11-17(18)14-19-16(2)3/h8-9,11-12,16,19H,4-7,10,13-15H2,1-3H3. The van der Waals surface area contributed by atoms with Gasteiger partial charge in [0.2, 0.25) is 0 Å². The Morgan fingerprint density at radius 3 is 2.40 bits per heavy atom. The maximum absolute atomic E-state index is 5.82. The quantitative estimate of drug-likeness (QED) is 0.593. The van der Waals surface area contributed by atoms with Gasteiger partial charge in [-0.2, -0.15) is 0 Å². The molecule has 0 spiro atoms. The summed E-state index contributed by atoms with van der Waals surface area (Å²) in [6.45, 7) is 9.15. The van der Waals surface area contributed by atoms with Gasteiger partial charge in [-0.3, -0.25) is 0 Å². The number of unbranched alkanes of at least 4 members (excludes halogenated alkanes) is 4. The van der Waals surface area contributed by atoms with E-state index in [4.69, 9.17) is 4.74 Å². The van der Waals surface area contributed by atoms with Crippen LogP contribution in [0.4, 0.5) is 0 Å². The predicted molar refractivity (Wildman–Crippen MR) is 86.8 cm³/mol. The van der Waals surface area contributed by atoms with Crippen LogP contribution in [0, 0.1) is 0 Å². The Kier molecular flexibility index (Phi) is 9.35. The second-order valence-electron chi connectivity index (χ2n) is 5.77. The summed E-state index contributed by atoms with van der Waals surface area (Å²) in [5, 5.41) is 3.47. The van der Waals surface area contributed by atoms with E-state index in [1.807, 2.05) is 0 Å². The molecule has 0 amide bonds. The minimum atomic E-state index is 0.516. The van der Waals surface area contributed by atoms with Gasteiger partial charge >= 0.3 is 0 Å². The lowest BCUT2D eigenvalue weighted by Crippen LogP contribution is -2.22. The molecule has 0 bridgehead atoms. The van der Waals surface area contributed by atoms with Crippen molar-refractivity contribution in [3.63, 3.8) is 0 Å². The number of hydrogen-bond acceptors (Lipinski definition) is 2. The van der Waals surface area contributed by atoms with Crippen molar-refractivity contribution < 1.29 is 4.74 Å². The van der Waals surface area contributed by atoms with Crippen LogP contribution in [0.1, 0.15) is 64.0 Å². The Hall–Kier alpha value is -0.860. The maximum Gasteiger partial charge on any atom is 0.0720 e. The molecule has 0 unspecified atom stereocenters. The number of ether oxygens (including phenoxy) is 1. The van der Waals surface area contributed by atoms with Crippen LogP contribution in [-0.4, -0.2) is 12.6 Å². The van der Waals surface area contributed by atoms with E-state index in [2.05, 4.69) is 50.4 Å². The van der Waals surface area contributed by atoms with Crippen LogP contribution in [-0.2, 0) is 17.9 Å². The van der Waals surface area contributed by atoms with Gasteiger partial charge in [-0.1, -0.05) is 70.7 Å². The van der Waals surface area contributed by atoms with E-state index in [9.17, 15) is 0 Å². The fourth-order valence-corrected chi connectivity index (χ4v) is 2.17. The molecule has 0 fully saturated rings. The Balaban J connectivity index is 2.25. The lowest BCUT2D eigenvalue weighted by Gasteiger charge is -2.13. The maximum atomic E-state index is 5.82. The summed E-state index contributed by atoms with van der Waals surface area (Å²) in [7, 11) is 0. The van der Waals surface area contributed by atoms with E-state index in [-0.39, 0.29) is 0 Å². The lowest BCUT2D eigenvalue weighted by atomic mass is 10.1. The summed E-state index contributed by atoms with van der Waals surface area (Å²) in [5.41, 5.74) is 2.67. The van der Waals surface area contributed by atoms with Crippen molar-refractivity contribution in [2.45, 2.75) is 72.1 Å². The summed E-state index contributed by atoms with van der Waals surface area (Å²) in [5.74, 6) is 0. The Morgan fingerprint density at radius 2 is 1.70 bits per heavy atom. The lowest BCUT2D eigenvalue weighted by molar-refractivity contribution is 0.116. The monoisotopic (exact) mass is 277 g/mol. The van der Waals surface area contributed by atoms with E-state index in [0.29, 0.717) is 6.04 Å². The van der Waals surface area contributed by atoms with Crippen LogP contribution in [0.2, 0.25) is 0 Å². The molecule has 0 heterocycles. The van der Waals surface area contributed by atoms with E-state index in [0.717, 1.165) is 19.8 Å². The molecule has 0 saturated heterocycles. The normalized spacial score (nSPS) is 11.2. The van der Waals surface area contributed by atoms with Gasteiger partial charge < -0.3 is 10.1 Å². The Bertz CT molecular complexity index is 349. The molecule has 0 radical (unpaired) electrons. The molecule has 0 aliphatic rings. The van der Waals surface area contributed by atoms with E-state index < -0.39 is 0 Å². The zero-order chi connectivity index (χ0) is 14.6. The molecule has 1 N–H and O–H groups in total. The van der Waals surface area contributed by atoms with Crippen LogP contribution in [0.15, 0.2) is 24.3 Å². The highest BCUT2D eigenvalue weighted by Gasteiger charge is 2.02. The summed E-state index contributed by atoms with van der Waals surface area (Å²) in [4.78, 5) is 0. The Morgan fingerprint density at radius 1 is 1.00 bits per heavy atom. The predicted octanol–water partition coefficient (Wildman–Crippen LogP) is 4.67. The van der Waals surface area contributed by atoms with Gasteiger partial charge in [0.05, 0.1) is 6.61 Å². The third-order valence-corrected chi connectivity index (χ3v) is 3.47. The first-order valence-electron chi connectivity index (χ1n) is 8.12. The molecule has 2 heteroatoms. The molecule has 0 atom stereocenters. The average molecular weight is 277 g/mol.